The molecule has 0 atom stereocenters. The summed E-state index contributed by atoms with van der Waals surface area (Å²) in [7, 11) is 1.44. The van der Waals surface area contributed by atoms with E-state index >= 15 is 0 Å². The van der Waals surface area contributed by atoms with Crippen LogP contribution in [-0.2, 0) is 27.0 Å². The Bertz CT molecular complexity index is 907. The summed E-state index contributed by atoms with van der Waals surface area (Å²) in [5.41, 5.74) is -0.0810. The zero-order valence-electron chi connectivity index (χ0n) is 16.5. The van der Waals surface area contributed by atoms with Crippen LogP contribution in [0.3, 0.4) is 0 Å². The molecule has 2 aromatic carbocycles. The maximum Gasteiger partial charge on any atom is 0.418 e. The minimum absolute atomic E-state index is 0.000952. The van der Waals surface area contributed by atoms with Crippen molar-refractivity contribution in [3.8, 4) is 0 Å². The quantitative estimate of drug-likeness (QED) is 0.629. The number of ether oxygens (including phenoxy) is 1. The second-order valence-electron chi connectivity index (χ2n) is 7.48. The van der Waals surface area contributed by atoms with Gasteiger partial charge in [0.2, 0.25) is 5.91 Å². The standard InChI is InChI=1S/C22H23F3N2O3/c1-30-14-17(28)12-21(10-11-21)20(29)26-13-15-6-8-16(9-7-15)27-19-5-3-2-4-18(19)22(23,24)25/h2-9,27H,10-14H2,1H3,(H,26,29). The SMILES string of the molecule is COCC(=O)CC1(C(=O)NCc2ccc(Nc3ccccc3C(F)(F)F)cc2)CC1. The maximum absolute atomic E-state index is 13.1. The Kier molecular flexibility index (Phi) is 6.45. The number of nitrogens with one attached hydrogen (secondary N) is 2. The number of halogens is 3. The van der Waals surface area contributed by atoms with Gasteiger partial charge in [-0.3, -0.25) is 9.59 Å². The number of methoxy groups -OCH3 is 1. The van der Waals surface area contributed by atoms with Gasteiger partial charge >= 0.3 is 6.18 Å². The Morgan fingerprint density at radius 1 is 1.07 bits per heavy atom. The Hall–Kier alpha value is -2.87. The lowest BCUT2D eigenvalue weighted by atomic mass is 9.98. The van der Waals surface area contributed by atoms with Crippen LogP contribution >= 0.6 is 0 Å². The summed E-state index contributed by atoms with van der Waals surface area (Å²) in [4.78, 5) is 24.2. The summed E-state index contributed by atoms with van der Waals surface area (Å²) in [5, 5.41) is 5.63. The van der Waals surface area contributed by atoms with E-state index in [2.05, 4.69) is 10.6 Å². The average molecular weight is 420 g/mol. The molecule has 0 radical (unpaired) electrons. The van der Waals surface area contributed by atoms with E-state index in [1.54, 1.807) is 24.3 Å². The number of anilines is 2. The summed E-state index contributed by atoms with van der Waals surface area (Å²) in [6.45, 7) is 0.277. The molecule has 1 aliphatic carbocycles. The molecule has 0 spiro atoms. The molecule has 0 saturated heterocycles. The zero-order chi connectivity index (χ0) is 21.8. The van der Waals surface area contributed by atoms with Gasteiger partial charge in [-0.15, -0.1) is 0 Å². The largest absolute Gasteiger partial charge is 0.418 e. The number of Topliss-reactive ketones (excluding diaryl/α,β-unsaturated/α-hetero) is 1. The van der Waals surface area contributed by atoms with E-state index in [0.717, 1.165) is 11.6 Å². The van der Waals surface area contributed by atoms with Gasteiger partial charge in [0.15, 0.2) is 5.78 Å². The molecule has 0 heterocycles. The molecule has 2 aromatic rings. The van der Waals surface area contributed by atoms with Crippen molar-refractivity contribution in [2.75, 3.05) is 19.0 Å². The second-order valence-corrected chi connectivity index (χ2v) is 7.48. The van der Waals surface area contributed by atoms with E-state index in [-0.39, 0.29) is 37.0 Å². The number of alkyl halides is 3. The predicted octanol–water partition coefficient (Wildman–Crippen LogP) is 4.45. The van der Waals surface area contributed by atoms with Crippen molar-refractivity contribution in [2.24, 2.45) is 5.41 Å². The second kappa shape index (κ2) is 8.87. The van der Waals surface area contributed by atoms with Gasteiger partial charge in [-0.2, -0.15) is 13.2 Å². The monoisotopic (exact) mass is 420 g/mol. The zero-order valence-corrected chi connectivity index (χ0v) is 16.5. The third kappa shape index (κ3) is 5.38. The van der Waals surface area contributed by atoms with Crippen molar-refractivity contribution >= 4 is 23.1 Å². The van der Waals surface area contributed by atoms with Gasteiger partial charge in [-0.05, 0) is 42.7 Å². The molecule has 3 rings (SSSR count). The van der Waals surface area contributed by atoms with Crippen LogP contribution in [0.15, 0.2) is 48.5 Å². The molecule has 160 valence electrons. The Morgan fingerprint density at radius 2 is 1.73 bits per heavy atom. The maximum atomic E-state index is 13.1. The van der Waals surface area contributed by atoms with Crippen molar-refractivity contribution in [3.63, 3.8) is 0 Å². The van der Waals surface area contributed by atoms with Crippen molar-refractivity contribution in [1.29, 1.82) is 0 Å². The van der Waals surface area contributed by atoms with Crippen LogP contribution in [0.4, 0.5) is 24.5 Å². The lowest BCUT2D eigenvalue weighted by Gasteiger charge is -2.16. The van der Waals surface area contributed by atoms with Crippen molar-refractivity contribution in [1.82, 2.24) is 5.32 Å². The Labute approximate surface area is 172 Å². The average Bonchev–Trinajstić information content (AvgIpc) is 3.47. The van der Waals surface area contributed by atoms with Crippen molar-refractivity contribution in [2.45, 2.75) is 32.0 Å². The Balaban J connectivity index is 1.57. The van der Waals surface area contributed by atoms with Gasteiger partial charge in [-0.25, -0.2) is 0 Å². The van der Waals surface area contributed by atoms with Crippen LogP contribution in [0.25, 0.3) is 0 Å². The van der Waals surface area contributed by atoms with Gasteiger partial charge in [-0.1, -0.05) is 24.3 Å². The molecule has 0 aliphatic heterocycles. The highest BCUT2D eigenvalue weighted by Gasteiger charge is 2.50. The summed E-state index contributed by atoms with van der Waals surface area (Å²) >= 11 is 0. The molecule has 1 fully saturated rings. The summed E-state index contributed by atoms with van der Waals surface area (Å²) in [6.07, 6.45) is -2.92. The van der Waals surface area contributed by atoms with Gasteiger partial charge in [0.25, 0.3) is 0 Å². The molecule has 5 nitrogen and oxygen atoms in total. The molecule has 2 N–H and O–H groups in total. The van der Waals surface area contributed by atoms with Gasteiger partial charge in [0, 0.05) is 25.8 Å². The molecule has 1 amide bonds. The number of hydrogen-bond acceptors (Lipinski definition) is 4. The number of ketones is 1. The van der Waals surface area contributed by atoms with E-state index in [0.29, 0.717) is 18.5 Å². The lowest BCUT2D eigenvalue weighted by Crippen LogP contribution is -2.33. The van der Waals surface area contributed by atoms with E-state index in [1.807, 2.05) is 0 Å². The summed E-state index contributed by atoms with van der Waals surface area (Å²) < 4.78 is 44.1. The minimum atomic E-state index is -4.45. The molecular formula is C22H23F3N2O3. The van der Waals surface area contributed by atoms with Crippen molar-refractivity contribution in [3.05, 3.63) is 59.7 Å². The van der Waals surface area contributed by atoms with E-state index in [9.17, 15) is 22.8 Å². The fourth-order valence-electron chi connectivity index (χ4n) is 3.30. The first-order valence-electron chi connectivity index (χ1n) is 9.55. The number of hydrogen-bond donors (Lipinski definition) is 2. The van der Waals surface area contributed by atoms with E-state index in [4.69, 9.17) is 4.74 Å². The van der Waals surface area contributed by atoms with Gasteiger partial charge in [0.05, 0.1) is 16.7 Å². The molecule has 1 aliphatic rings. The van der Waals surface area contributed by atoms with Crippen LogP contribution in [0, 0.1) is 5.41 Å². The smallest absolute Gasteiger partial charge is 0.377 e. The summed E-state index contributed by atoms with van der Waals surface area (Å²) in [6, 6.07) is 12.0. The highest BCUT2D eigenvalue weighted by atomic mass is 19.4. The highest BCUT2D eigenvalue weighted by molar-refractivity contribution is 5.92. The van der Waals surface area contributed by atoms with Crippen LogP contribution in [0.5, 0.6) is 0 Å². The number of carbonyl (C=O) groups is 2. The number of para-hydroxylation sites is 1. The van der Waals surface area contributed by atoms with Crippen LogP contribution in [0.1, 0.15) is 30.4 Å². The first-order valence-corrected chi connectivity index (χ1v) is 9.55. The number of benzene rings is 2. The molecule has 1 saturated carbocycles. The number of carbonyl (C=O) groups excluding carboxylic acids is 2. The molecule has 0 aromatic heterocycles. The minimum Gasteiger partial charge on any atom is -0.377 e. The third-order valence-corrected chi connectivity index (χ3v) is 5.09. The highest BCUT2D eigenvalue weighted by Crippen LogP contribution is 2.49. The molecule has 0 bridgehead atoms. The van der Waals surface area contributed by atoms with E-state index in [1.165, 1.54) is 25.3 Å². The van der Waals surface area contributed by atoms with Gasteiger partial charge in [0.1, 0.15) is 6.61 Å². The molecular weight excluding hydrogens is 397 g/mol. The normalized spacial score (nSPS) is 14.8. The van der Waals surface area contributed by atoms with Crippen molar-refractivity contribution < 1.29 is 27.5 Å². The van der Waals surface area contributed by atoms with Crippen LogP contribution in [0.2, 0.25) is 0 Å². The molecule has 30 heavy (non-hydrogen) atoms. The van der Waals surface area contributed by atoms with Gasteiger partial charge < -0.3 is 15.4 Å². The Morgan fingerprint density at radius 3 is 2.33 bits per heavy atom. The third-order valence-electron chi connectivity index (χ3n) is 5.09. The predicted molar refractivity (Wildman–Crippen MR) is 106 cm³/mol. The molecule has 8 heteroatoms. The summed E-state index contributed by atoms with van der Waals surface area (Å²) in [5.74, 6) is -0.257. The number of amides is 1. The molecule has 0 unspecified atom stereocenters. The van der Waals surface area contributed by atoms with Crippen LogP contribution < -0.4 is 10.6 Å². The fourth-order valence-corrected chi connectivity index (χ4v) is 3.30. The van der Waals surface area contributed by atoms with E-state index < -0.39 is 17.2 Å². The lowest BCUT2D eigenvalue weighted by molar-refractivity contribution is -0.137. The van der Waals surface area contributed by atoms with Crippen LogP contribution in [-0.4, -0.2) is 25.4 Å². The fraction of sp³-hybridized carbons (Fsp3) is 0.364. The first kappa shape index (κ1) is 21.8. The topological polar surface area (TPSA) is 67.4 Å². The number of rotatable bonds is 9. The first-order chi connectivity index (χ1) is 14.2.